The van der Waals surface area contributed by atoms with Crippen LogP contribution in [0.15, 0.2) is 97.1 Å². The van der Waals surface area contributed by atoms with Gasteiger partial charge in [0.25, 0.3) is 0 Å². The van der Waals surface area contributed by atoms with Crippen LogP contribution in [0.4, 0.5) is 8.78 Å². The van der Waals surface area contributed by atoms with Crippen LogP contribution in [-0.4, -0.2) is 10.3 Å². The Balaban J connectivity index is 0.000000716. The van der Waals surface area contributed by atoms with Gasteiger partial charge in [0.2, 0.25) is 0 Å². The van der Waals surface area contributed by atoms with Crippen LogP contribution in [0, 0.1) is 11.6 Å². The zero-order valence-corrected chi connectivity index (χ0v) is 25.7. The van der Waals surface area contributed by atoms with Crippen molar-refractivity contribution in [2.45, 2.75) is 64.4 Å². The van der Waals surface area contributed by atoms with Crippen LogP contribution in [0.5, 0.6) is 0 Å². The molecule has 4 aromatic carbocycles. The van der Waals surface area contributed by atoms with Gasteiger partial charge in [0.05, 0.1) is 0 Å². The van der Waals surface area contributed by atoms with Crippen molar-refractivity contribution in [1.29, 1.82) is 0 Å². The summed E-state index contributed by atoms with van der Waals surface area (Å²) in [6.07, 6.45) is 0. The fourth-order valence-electron chi connectivity index (χ4n) is 5.22. The number of rotatable bonds is 5. The molecular formula is C32H38F2FeP2. The maximum atomic E-state index is 13.7. The quantitative estimate of drug-likeness (QED) is 0.126. The first-order chi connectivity index (χ1) is 16.9. The molecule has 0 aliphatic carbocycles. The predicted molar refractivity (Wildman–Crippen MR) is 158 cm³/mol. The van der Waals surface area contributed by atoms with E-state index in [0.29, 0.717) is 5.66 Å². The summed E-state index contributed by atoms with van der Waals surface area (Å²) in [6, 6.07) is 30.2. The molecule has 1 atom stereocenters. The van der Waals surface area contributed by atoms with E-state index in [1.807, 2.05) is 54.6 Å². The van der Waals surface area contributed by atoms with E-state index in [2.05, 4.69) is 66.7 Å². The van der Waals surface area contributed by atoms with Crippen LogP contribution < -0.4 is 15.9 Å². The monoisotopic (exact) mass is 578 g/mol. The van der Waals surface area contributed by atoms with Gasteiger partial charge in [0.1, 0.15) is 11.6 Å². The van der Waals surface area contributed by atoms with E-state index in [1.54, 1.807) is 0 Å². The van der Waals surface area contributed by atoms with Gasteiger partial charge in [0.15, 0.2) is 0 Å². The van der Waals surface area contributed by atoms with Gasteiger partial charge < -0.3 is 0 Å². The Bertz CT molecular complexity index is 1100. The molecule has 37 heavy (non-hydrogen) atoms. The Morgan fingerprint density at radius 2 is 1.14 bits per heavy atom. The molecule has 0 aliphatic rings. The van der Waals surface area contributed by atoms with Gasteiger partial charge in [-0.05, 0) is 58.8 Å². The van der Waals surface area contributed by atoms with Gasteiger partial charge in [-0.15, -0.1) is 18.8 Å². The minimum absolute atomic E-state index is 0. The second-order valence-electron chi connectivity index (χ2n) is 11.0. The van der Waals surface area contributed by atoms with Gasteiger partial charge >= 0.3 is 17.1 Å². The van der Waals surface area contributed by atoms with E-state index in [0.717, 1.165) is 10.6 Å². The normalized spacial score (nSPS) is 12.6. The van der Waals surface area contributed by atoms with Crippen molar-refractivity contribution in [3.8, 4) is 0 Å². The Morgan fingerprint density at radius 3 is 1.49 bits per heavy atom. The second kappa shape index (κ2) is 13.4. The second-order valence-corrected chi connectivity index (χ2v) is 17.4. The molecule has 0 radical (unpaired) electrons. The van der Waals surface area contributed by atoms with E-state index in [-0.39, 0.29) is 46.9 Å². The summed E-state index contributed by atoms with van der Waals surface area (Å²) >= 11 is 0. The van der Waals surface area contributed by atoms with Crippen molar-refractivity contribution in [2.24, 2.45) is 0 Å². The maximum absolute atomic E-state index is 13.7. The zero-order chi connectivity index (χ0) is 26.5. The summed E-state index contributed by atoms with van der Waals surface area (Å²) < 4.78 is 27.4. The molecule has 0 aliphatic heterocycles. The van der Waals surface area contributed by atoms with Crippen LogP contribution in [-0.2, 0) is 17.1 Å². The van der Waals surface area contributed by atoms with Crippen molar-refractivity contribution in [1.82, 2.24) is 0 Å². The third kappa shape index (κ3) is 8.43. The van der Waals surface area contributed by atoms with Gasteiger partial charge in [-0.2, -0.15) is 24.3 Å². The van der Waals surface area contributed by atoms with Crippen molar-refractivity contribution >= 4 is 31.8 Å². The first-order valence-corrected chi connectivity index (χ1v) is 15.2. The van der Waals surface area contributed by atoms with Crippen LogP contribution in [0.3, 0.4) is 0 Å². The zero-order valence-electron chi connectivity index (χ0n) is 22.8. The molecule has 0 nitrogen and oxygen atoms in total. The third-order valence-electron chi connectivity index (χ3n) is 6.07. The average molecular weight is 578 g/mol. The summed E-state index contributed by atoms with van der Waals surface area (Å²) in [5.41, 5.74) is 1.78. The Morgan fingerprint density at radius 1 is 0.703 bits per heavy atom. The summed E-state index contributed by atoms with van der Waals surface area (Å²) in [6.45, 7) is 16.5. The first kappa shape index (κ1) is 31.6. The van der Waals surface area contributed by atoms with E-state index in [4.69, 9.17) is 0 Å². The molecular weight excluding hydrogens is 540 g/mol. The molecule has 0 spiro atoms. The fourth-order valence-corrected chi connectivity index (χ4v) is 12.7. The molecule has 4 rings (SSSR count). The van der Waals surface area contributed by atoms with Crippen molar-refractivity contribution in [3.63, 3.8) is 0 Å². The smallest absolute Gasteiger partial charge is 0.214 e. The number of benzene rings is 2. The third-order valence-corrected chi connectivity index (χ3v) is 12.5. The van der Waals surface area contributed by atoms with Crippen LogP contribution in [0.2, 0.25) is 0 Å². The topological polar surface area (TPSA) is 0 Å². The minimum atomic E-state index is -0.906. The predicted octanol–water partition coefficient (Wildman–Crippen LogP) is 8.98. The molecule has 5 heteroatoms. The molecule has 0 amide bonds. The van der Waals surface area contributed by atoms with Gasteiger partial charge in [0, 0.05) is 0 Å². The first-order valence-electron chi connectivity index (χ1n) is 12.4. The summed E-state index contributed by atoms with van der Waals surface area (Å²) in [4.78, 5) is 0. The molecule has 4 aromatic rings. The molecule has 0 N–H and O–H groups in total. The van der Waals surface area contributed by atoms with E-state index in [1.165, 1.54) is 35.1 Å². The number of hydrogen-bond donors (Lipinski definition) is 0. The molecule has 0 unspecified atom stereocenters. The van der Waals surface area contributed by atoms with Crippen LogP contribution in [0.25, 0.3) is 0 Å². The molecule has 198 valence electrons. The summed E-state index contributed by atoms with van der Waals surface area (Å²) in [7, 11) is -1.26. The number of halogens is 2. The maximum Gasteiger partial charge on any atom is 2.00 e. The Kier molecular flexibility index (Phi) is 11.5. The Labute approximate surface area is 235 Å². The minimum Gasteiger partial charge on any atom is -0.214 e. The summed E-state index contributed by atoms with van der Waals surface area (Å²) in [5, 5.41) is 3.87. The summed E-state index contributed by atoms with van der Waals surface area (Å²) in [5.74, 6) is -0.476. The fraction of sp³-hybridized carbons (Fsp3) is 0.312. The molecule has 0 fully saturated rings. The van der Waals surface area contributed by atoms with E-state index < -0.39 is 7.92 Å². The molecule has 0 heterocycles. The van der Waals surface area contributed by atoms with Crippen molar-refractivity contribution in [3.05, 3.63) is 114 Å². The standard InChI is InChI=1S/C27H33F2P2.C5H5.Fe/c1-19(31(26(2,3)4)27(5,6)7)24-9-8-10-25(24)30(22-15-11-20(28)12-16-22)23-17-13-21(29)14-18-23;1-2-4-5-3-1;/h8-19H,1-7H3;1-5H;/q2*-1;+2/t19-;;/m1../s1. The average Bonchev–Trinajstić information content (AvgIpc) is 3.50. The molecule has 0 saturated carbocycles. The van der Waals surface area contributed by atoms with Crippen LogP contribution in [0.1, 0.15) is 59.7 Å². The number of hydrogen-bond acceptors (Lipinski definition) is 0. The van der Waals surface area contributed by atoms with Crippen molar-refractivity contribution < 1.29 is 25.8 Å². The molecule has 0 saturated heterocycles. The molecule has 0 bridgehead atoms. The molecule has 0 aromatic heterocycles. The van der Waals surface area contributed by atoms with Gasteiger partial charge in [-0.25, -0.2) is 33.0 Å². The van der Waals surface area contributed by atoms with Crippen molar-refractivity contribution in [2.75, 3.05) is 0 Å². The van der Waals surface area contributed by atoms with E-state index in [9.17, 15) is 8.78 Å². The van der Waals surface area contributed by atoms with Gasteiger partial charge in [-0.1, -0.05) is 72.7 Å². The Hall–Kier alpha value is -1.62. The van der Waals surface area contributed by atoms with Crippen LogP contribution >= 0.6 is 15.8 Å². The van der Waals surface area contributed by atoms with Gasteiger partial charge in [-0.3, -0.25) is 0 Å². The van der Waals surface area contributed by atoms with E-state index >= 15 is 0 Å². The largest absolute Gasteiger partial charge is 2.00 e. The SMILES string of the molecule is C[C@H]([c-]1cccc1P(c1ccc(F)cc1)c1ccc(F)cc1)P(C(C)(C)C)C(C)(C)C.[Fe+2].c1cc[cH-]c1.